The van der Waals surface area contributed by atoms with Crippen molar-refractivity contribution in [2.24, 2.45) is 0 Å². The molecule has 0 aliphatic heterocycles. The molecule has 0 bridgehead atoms. The lowest BCUT2D eigenvalue weighted by atomic mass is 10.2. The zero-order chi connectivity index (χ0) is 10.3. The SMILES string of the molecule is CC.CC1=CCC=CC=C1[N+](=O)[O-]. The quantitative estimate of drug-likeness (QED) is 0.461. The van der Waals surface area contributed by atoms with Gasteiger partial charge in [-0.2, -0.15) is 0 Å². The lowest BCUT2D eigenvalue weighted by Crippen LogP contribution is -1.98. The Kier molecular flexibility index (Phi) is 5.52. The normalized spacial score (nSPS) is 14.7. The average molecular weight is 181 g/mol. The lowest BCUT2D eigenvalue weighted by molar-refractivity contribution is -0.420. The van der Waals surface area contributed by atoms with E-state index in [-0.39, 0.29) is 10.6 Å². The van der Waals surface area contributed by atoms with E-state index in [0.717, 1.165) is 12.0 Å². The first-order chi connectivity index (χ1) is 6.22. The van der Waals surface area contributed by atoms with Gasteiger partial charge in [-0.1, -0.05) is 32.1 Å². The average Bonchev–Trinajstić information content (AvgIpc) is 2.33. The van der Waals surface area contributed by atoms with Gasteiger partial charge in [0.2, 0.25) is 0 Å². The molecule has 0 aromatic rings. The summed E-state index contributed by atoms with van der Waals surface area (Å²) in [6, 6.07) is 0. The van der Waals surface area contributed by atoms with Crippen LogP contribution in [-0.2, 0) is 0 Å². The molecule has 3 heteroatoms. The standard InChI is InChI=1S/C8H9NO2.C2H6/c1-7-5-3-2-4-6-8(7)9(10)11;1-2/h2,4-6H,3H2,1H3;1-2H3. The Morgan fingerprint density at radius 3 is 2.62 bits per heavy atom. The van der Waals surface area contributed by atoms with Gasteiger partial charge in [-0.25, -0.2) is 0 Å². The summed E-state index contributed by atoms with van der Waals surface area (Å²) < 4.78 is 0. The van der Waals surface area contributed by atoms with Crippen LogP contribution in [0.25, 0.3) is 0 Å². The van der Waals surface area contributed by atoms with Gasteiger partial charge in [-0.05, 0) is 13.3 Å². The van der Waals surface area contributed by atoms with Gasteiger partial charge in [-0.15, -0.1) is 0 Å². The topological polar surface area (TPSA) is 43.1 Å². The van der Waals surface area contributed by atoms with Crippen LogP contribution >= 0.6 is 0 Å². The Bertz CT molecular complexity index is 262. The van der Waals surface area contributed by atoms with Gasteiger partial charge in [0.25, 0.3) is 5.70 Å². The second-order valence-corrected chi connectivity index (χ2v) is 2.36. The number of hydrogen-bond acceptors (Lipinski definition) is 2. The summed E-state index contributed by atoms with van der Waals surface area (Å²) in [5, 5.41) is 10.4. The van der Waals surface area contributed by atoms with Crippen molar-refractivity contribution < 1.29 is 4.92 Å². The Balaban J connectivity index is 0.000000671. The second-order valence-electron chi connectivity index (χ2n) is 2.36. The highest BCUT2D eigenvalue weighted by Crippen LogP contribution is 2.13. The molecule has 1 aliphatic rings. The second kappa shape index (κ2) is 6.17. The number of hydrogen-bond donors (Lipinski definition) is 0. The number of nitrogens with zero attached hydrogens (tertiary/aromatic N) is 1. The summed E-state index contributed by atoms with van der Waals surface area (Å²) in [6.07, 6.45) is 7.75. The summed E-state index contributed by atoms with van der Waals surface area (Å²) in [5.41, 5.74) is 0.929. The molecule has 0 saturated heterocycles. The monoisotopic (exact) mass is 181 g/mol. The third-order valence-electron chi connectivity index (χ3n) is 1.55. The first-order valence-electron chi connectivity index (χ1n) is 4.40. The minimum absolute atomic E-state index is 0.193. The molecule has 3 nitrogen and oxygen atoms in total. The maximum Gasteiger partial charge on any atom is 0.271 e. The summed E-state index contributed by atoms with van der Waals surface area (Å²) >= 11 is 0. The van der Waals surface area contributed by atoms with E-state index in [1.165, 1.54) is 6.08 Å². The van der Waals surface area contributed by atoms with Crippen molar-refractivity contribution in [3.8, 4) is 0 Å². The minimum Gasteiger partial charge on any atom is -0.258 e. The molecule has 0 amide bonds. The van der Waals surface area contributed by atoms with Crippen molar-refractivity contribution in [3.63, 3.8) is 0 Å². The molecule has 1 rings (SSSR count). The van der Waals surface area contributed by atoms with E-state index in [9.17, 15) is 10.1 Å². The molecule has 0 aromatic heterocycles. The van der Waals surface area contributed by atoms with Crippen molar-refractivity contribution in [3.05, 3.63) is 45.7 Å². The Hall–Kier alpha value is -1.38. The number of nitro groups is 1. The summed E-state index contributed by atoms with van der Waals surface area (Å²) in [4.78, 5) is 10.0. The zero-order valence-electron chi connectivity index (χ0n) is 8.28. The van der Waals surface area contributed by atoms with E-state index < -0.39 is 0 Å². The first-order valence-corrected chi connectivity index (χ1v) is 4.40. The third kappa shape index (κ3) is 3.69. The molecule has 0 unspecified atom stereocenters. The molecule has 1 aliphatic carbocycles. The van der Waals surface area contributed by atoms with E-state index in [2.05, 4.69) is 0 Å². The van der Waals surface area contributed by atoms with Gasteiger partial charge in [0.1, 0.15) is 0 Å². The molecule has 0 aromatic carbocycles. The van der Waals surface area contributed by atoms with Gasteiger partial charge in [0.15, 0.2) is 0 Å². The van der Waals surface area contributed by atoms with Crippen molar-refractivity contribution in [2.45, 2.75) is 27.2 Å². The fourth-order valence-corrected chi connectivity index (χ4v) is 0.923. The fourth-order valence-electron chi connectivity index (χ4n) is 0.923. The fraction of sp³-hybridized carbons (Fsp3) is 0.400. The van der Waals surface area contributed by atoms with E-state index in [0.29, 0.717) is 0 Å². The van der Waals surface area contributed by atoms with Crippen LogP contribution in [0.5, 0.6) is 0 Å². The van der Waals surface area contributed by atoms with E-state index in [4.69, 9.17) is 0 Å². The van der Waals surface area contributed by atoms with Crippen molar-refractivity contribution in [1.82, 2.24) is 0 Å². The largest absolute Gasteiger partial charge is 0.271 e. The van der Waals surface area contributed by atoms with Crippen LogP contribution in [-0.4, -0.2) is 4.92 Å². The number of rotatable bonds is 1. The van der Waals surface area contributed by atoms with Gasteiger partial charge >= 0.3 is 0 Å². The van der Waals surface area contributed by atoms with Crippen LogP contribution in [0.1, 0.15) is 27.2 Å². The van der Waals surface area contributed by atoms with E-state index in [1.807, 2.05) is 26.0 Å². The van der Waals surface area contributed by atoms with Crippen LogP contribution in [0.15, 0.2) is 35.6 Å². The van der Waals surface area contributed by atoms with Gasteiger partial charge < -0.3 is 0 Å². The zero-order valence-corrected chi connectivity index (χ0v) is 8.28. The minimum atomic E-state index is -0.360. The lowest BCUT2D eigenvalue weighted by Gasteiger charge is -1.93. The Morgan fingerprint density at radius 1 is 1.46 bits per heavy atom. The summed E-state index contributed by atoms with van der Waals surface area (Å²) in [6.45, 7) is 5.75. The van der Waals surface area contributed by atoms with Crippen LogP contribution in [0.3, 0.4) is 0 Å². The molecule has 13 heavy (non-hydrogen) atoms. The highest BCUT2D eigenvalue weighted by atomic mass is 16.6. The van der Waals surface area contributed by atoms with Gasteiger partial charge in [0, 0.05) is 11.6 Å². The molecule has 0 spiro atoms. The molecule has 0 heterocycles. The molecule has 72 valence electrons. The maximum atomic E-state index is 10.4. The molecule has 0 radical (unpaired) electrons. The molecule has 0 N–H and O–H groups in total. The van der Waals surface area contributed by atoms with Gasteiger partial charge in [0.05, 0.1) is 4.92 Å². The van der Waals surface area contributed by atoms with Crippen LogP contribution in [0.2, 0.25) is 0 Å². The first kappa shape index (κ1) is 11.6. The molecule has 0 fully saturated rings. The predicted molar refractivity (Wildman–Crippen MR) is 53.9 cm³/mol. The third-order valence-corrected chi connectivity index (χ3v) is 1.55. The van der Waals surface area contributed by atoms with E-state index >= 15 is 0 Å². The maximum absolute atomic E-state index is 10.4. The van der Waals surface area contributed by atoms with E-state index in [1.54, 1.807) is 13.0 Å². The van der Waals surface area contributed by atoms with Crippen molar-refractivity contribution >= 4 is 0 Å². The molecule has 0 saturated carbocycles. The summed E-state index contributed by atoms with van der Waals surface area (Å²) in [5.74, 6) is 0. The van der Waals surface area contributed by atoms with Crippen molar-refractivity contribution in [1.29, 1.82) is 0 Å². The highest BCUT2D eigenvalue weighted by Gasteiger charge is 2.11. The molecular weight excluding hydrogens is 166 g/mol. The molecular formula is C10H15NO2. The van der Waals surface area contributed by atoms with Crippen molar-refractivity contribution in [2.75, 3.05) is 0 Å². The predicted octanol–water partition coefficient (Wildman–Crippen LogP) is 3.08. The van der Waals surface area contributed by atoms with Crippen LogP contribution < -0.4 is 0 Å². The Morgan fingerprint density at radius 2 is 2.08 bits per heavy atom. The van der Waals surface area contributed by atoms with Crippen LogP contribution in [0, 0.1) is 10.1 Å². The molecule has 0 atom stereocenters. The van der Waals surface area contributed by atoms with Crippen LogP contribution in [0.4, 0.5) is 0 Å². The highest BCUT2D eigenvalue weighted by molar-refractivity contribution is 5.29. The smallest absolute Gasteiger partial charge is 0.258 e. The number of allylic oxidation sites excluding steroid dienone is 5. The Labute approximate surface area is 78.6 Å². The van der Waals surface area contributed by atoms with Gasteiger partial charge in [-0.3, -0.25) is 10.1 Å². The summed E-state index contributed by atoms with van der Waals surface area (Å²) in [7, 11) is 0.